The van der Waals surface area contributed by atoms with Gasteiger partial charge in [-0.25, -0.2) is 0 Å². The summed E-state index contributed by atoms with van der Waals surface area (Å²) >= 11 is 0. The van der Waals surface area contributed by atoms with E-state index < -0.39 is 12.0 Å². The second-order valence-electron chi connectivity index (χ2n) is 4.64. The van der Waals surface area contributed by atoms with Crippen LogP contribution in [-0.2, 0) is 11.8 Å². The predicted octanol–water partition coefficient (Wildman–Crippen LogP) is -0.498. The number of nitrogens with zero attached hydrogens (tertiary/aromatic N) is 1. The van der Waals surface area contributed by atoms with E-state index in [2.05, 4.69) is 5.73 Å². The highest BCUT2D eigenvalue weighted by molar-refractivity contribution is 6.09. The van der Waals surface area contributed by atoms with Gasteiger partial charge in [0.25, 0.3) is 0 Å². The van der Waals surface area contributed by atoms with Gasteiger partial charge in [-0.2, -0.15) is 0 Å². The lowest BCUT2D eigenvalue weighted by Gasteiger charge is -2.07. The molecule has 0 saturated heterocycles. The summed E-state index contributed by atoms with van der Waals surface area (Å²) in [7, 11) is 1.87. The van der Waals surface area contributed by atoms with Crippen molar-refractivity contribution in [3.05, 3.63) is 36.0 Å². The molecule has 1 aromatic heterocycles. The van der Waals surface area contributed by atoms with Crippen LogP contribution >= 0.6 is 0 Å². The van der Waals surface area contributed by atoms with Gasteiger partial charge >= 0.3 is 0 Å². The average molecular weight is 260 g/mol. The van der Waals surface area contributed by atoms with E-state index >= 15 is 0 Å². The summed E-state index contributed by atoms with van der Waals surface area (Å²) in [6, 6.07) is 7.04. The van der Waals surface area contributed by atoms with Gasteiger partial charge in [0.05, 0.1) is 0 Å². The summed E-state index contributed by atoms with van der Waals surface area (Å²) in [5.41, 5.74) is 5.32. The first-order chi connectivity index (χ1) is 9.00. The number of carbonyl (C=O) groups is 2. The molecule has 0 radical (unpaired) electrons. The first-order valence-electron chi connectivity index (χ1n) is 6.12. The van der Waals surface area contributed by atoms with E-state index in [-0.39, 0.29) is 18.6 Å². The van der Waals surface area contributed by atoms with Crippen LogP contribution in [-0.4, -0.2) is 22.4 Å². The zero-order valence-electron chi connectivity index (χ0n) is 10.8. The Balaban J connectivity index is 2.29. The zero-order valence-corrected chi connectivity index (χ0v) is 10.8. The second kappa shape index (κ2) is 5.24. The van der Waals surface area contributed by atoms with E-state index in [4.69, 9.17) is 0 Å². The molecule has 0 fully saturated rings. The molecule has 1 heterocycles. The van der Waals surface area contributed by atoms with Gasteiger partial charge in [0.15, 0.2) is 0 Å². The number of carboxylic acids is 1. The molecule has 3 N–H and O–H groups in total. The third-order valence-corrected chi connectivity index (χ3v) is 3.23. The molecule has 1 atom stereocenters. The van der Waals surface area contributed by atoms with Gasteiger partial charge in [0.1, 0.15) is 6.04 Å². The minimum atomic E-state index is -1.15. The van der Waals surface area contributed by atoms with Crippen molar-refractivity contribution in [3.8, 4) is 0 Å². The standard InChI is InChI=1S/C14H16N2O3/c1-16-8-10(9-4-2-3-5-12(9)16)14(19)11(15)6-7-13(17)18/h2-5,8,11H,6-7,15H2,1H3,(H,17,18)/t11-/m1/s1. The second-order valence-corrected chi connectivity index (χ2v) is 4.64. The Labute approximate surface area is 110 Å². The van der Waals surface area contributed by atoms with Crippen molar-refractivity contribution in [2.75, 3.05) is 0 Å². The number of quaternary nitrogens is 1. The minimum absolute atomic E-state index is 0.127. The van der Waals surface area contributed by atoms with E-state index in [0.29, 0.717) is 5.56 Å². The van der Waals surface area contributed by atoms with Gasteiger partial charge in [0.2, 0.25) is 5.78 Å². The van der Waals surface area contributed by atoms with Crippen LogP contribution in [0.15, 0.2) is 30.5 Å². The largest absolute Gasteiger partial charge is 0.550 e. The van der Waals surface area contributed by atoms with Crippen molar-refractivity contribution in [3.63, 3.8) is 0 Å². The van der Waals surface area contributed by atoms with Gasteiger partial charge in [-0.1, -0.05) is 18.2 Å². The minimum Gasteiger partial charge on any atom is -0.550 e. The molecular weight excluding hydrogens is 244 g/mol. The Hall–Kier alpha value is -2.14. The first-order valence-corrected chi connectivity index (χ1v) is 6.12. The Kier molecular flexibility index (Phi) is 3.66. The topological polar surface area (TPSA) is 89.8 Å². The van der Waals surface area contributed by atoms with Crippen LogP contribution in [0.1, 0.15) is 23.2 Å². The molecule has 0 aliphatic carbocycles. The van der Waals surface area contributed by atoms with E-state index in [1.165, 1.54) is 0 Å². The number of ketones is 1. The maximum atomic E-state index is 12.3. The molecule has 0 saturated carbocycles. The molecule has 0 amide bonds. The Morgan fingerprint density at radius 3 is 2.74 bits per heavy atom. The molecule has 2 rings (SSSR count). The quantitative estimate of drug-likeness (QED) is 0.735. The van der Waals surface area contributed by atoms with Gasteiger partial charge in [-0.3, -0.25) is 4.79 Å². The Bertz CT molecular complexity index is 631. The number of carboxylic acid groups (broad SMARTS) is 1. The molecule has 5 heteroatoms. The summed E-state index contributed by atoms with van der Waals surface area (Å²) < 4.78 is 1.88. The van der Waals surface area contributed by atoms with Crippen LogP contribution in [0.3, 0.4) is 0 Å². The van der Waals surface area contributed by atoms with Gasteiger partial charge in [-0.15, -0.1) is 0 Å². The molecule has 0 bridgehead atoms. The number of fused-ring (bicyclic) bond motifs is 1. The maximum absolute atomic E-state index is 12.3. The third kappa shape index (κ3) is 2.66. The summed E-state index contributed by atoms with van der Waals surface area (Å²) in [5, 5.41) is 11.3. The summed E-state index contributed by atoms with van der Waals surface area (Å²) in [6.07, 6.45) is 1.82. The number of aryl methyl sites for hydroxylation is 1. The fourth-order valence-electron chi connectivity index (χ4n) is 2.18. The lowest BCUT2D eigenvalue weighted by atomic mass is 10.0. The van der Waals surface area contributed by atoms with Gasteiger partial charge in [-0.05, 0) is 12.5 Å². The smallest absolute Gasteiger partial charge is 0.221 e. The number of para-hydroxylation sites is 1. The van der Waals surface area contributed by atoms with Crippen LogP contribution in [0.25, 0.3) is 10.9 Å². The number of carbonyl (C=O) groups excluding carboxylic acids is 2. The van der Waals surface area contributed by atoms with Crippen molar-refractivity contribution in [2.24, 2.45) is 7.05 Å². The molecule has 0 aliphatic heterocycles. The number of hydrogen-bond acceptors (Lipinski definition) is 3. The average Bonchev–Trinajstić information content (AvgIpc) is 2.73. The van der Waals surface area contributed by atoms with Crippen LogP contribution < -0.4 is 10.8 Å². The molecule has 0 unspecified atom stereocenters. The molecule has 0 aliphatic rings. The maximum Gasteiger partial charge on any atom is 0.221 e. The lowest BCUT2D eigenvalue weighted by molar-refractivity contribution is -0.401. The molecule has 0 spiro atoms. The highest BCUT2D eigenvalue weighted by Crippen LogP contribution is 2.21. The van der Waals surface area contributed by atoms with Crippen LogP contribution in [0.5, 0.6) is 0 Å². The summed E-state index contributed by atoms with van der Waals surface area (Å²) in [4.78, 5) is 22.7. The van der Waals surface area contributed by atoms with E-state index in [1.54, 1.807) is 6.20 Å². The van der Waals surface area contributed by atoms with Gasteiger partial charge in [0, 0.05) is 42.1 Å². The Morgan fingerprint density at radius 2 is 2.05 bits per heavy atom. The monoisotopic (exact) mass is 260 g/mol. The molecule has 5 nitrogen and oxygen atoms in total. The van der Waals surface area contributed by atoms with Crippen LogP contribution in [0.2, 0.25) is 0 Å². The third-order valence-electron chi connectivity index (χ3n) is 3.23. The van der Waals surface area contributed by atoms with Crippen molar-refractivity contribution in [1.82, 2.24) is 4.57 Å². The SMILES string of the molecule is Cn1cc(C(=O)[C@H]([NH3+])CCC(=O)[O-])c2ccccc21. The fraction of sp³-hybridized carbons (Fsp3) is 0.286. The number of aromatic nitrogens is 1. The van der Waals surface area contributed by atoms with Crippen LogP contribution in [0, 0.1) is 0 Å². The normalized spacial score (nSPS) is 12.5. The number of Topliss-reactive ketones (excluding diaryl/α,β-unsaturated/α-hetero) is 1. The highest BCUT2D eigenvalue weighted by atomic mass is 16.4. The van der Waals surface area contributed by atoms with E-state index in [1.807, 2.05) is 35.9 Å². The van der Waals surface area contributed by atoms with E-state index in [9.17, 15) is 14.7 Å². The predicted molar refractivity (Wildman–Crippen MR) is 68.2 cm³/mol. The van der Waals surface area contributed by atoms with Crippen molar-refractivity contribution in [2.45, 2.75) is 18.9 Å². The number of rotatable bonds is 5. The number of hydrogen-bond donors (Lipinski definition) is 1. The van der Waals surface area contributed by atoms with Crippen molar-refractivity contribution in [1.29, 1.82) is 0 Å². The number of aliphatic carboxylic acids is 1. The summed E-state index contributed by atoms with van der Waals surface area (Å²) in [5.74, 6) is -1.28. The lowest BCUT2D eigenvalue weighted by Crippen LogP contribution is -2.65. The van der Waals surface area contributed by atoms with Gasteiger partial charge < -0.3 is 20.2 Å². The molecular formula is C14H16N2O3. The van der Waals surface area contributed by atoms with Crippen molar-refractivity contribution < 1.29 is 20.4 Å². The first kappa shape index (κ1) is 13.3. The molecule has 100 valence electrons. The molecule has 2 aromatic rings. The molecule has 1 aromatic carbocycles. The zero-order chi connectivity index (χ0) is 14.0. The van der Waals surface area contributed by atoms with Crippen LogP contribution in [0.4, 0.5) is 0 Å². The molecule has 19 heavy (non-hydrogen) atoms. The van der Waals surface area contributed by atoms with E-state index in [0.717, 1.165) is 10.9 Å². The summed E-state index contributed by atoms with van der Waals surface area (Å²) in [6.45, 7) is 0. The number of benzene rings is 1. The highest BCUT2D eigenvalue weighted by Gasteiger charge is 2.22. The fourth-order valence-corrected chi connectivity index (χ4v) is 2.18. The van der Waals surface area contributed by atoms with Crippen molar-refractivity contribution >= 4 is 22.7 Å². The Morgan fingerprint density at radius 1 is 1.37 bits per heavy atom.